The molecule has 3 aromatic rings. The van der Waals surface area contributed by atoms with Crippen molar-refractivity contribution >= 4 is 34.6 Å². The summed E-state index contributed by atoms with van der Waals surface area (Å²) in [7, 11) is 0. The van der Waals surface area contributed by atoms with Gasteiger partial charge in [-0.05, 0) is 42.8 Å². The lowest BCUT2D eigenvalue weighted by atomic mass is 10.1. The average Bonchev–Trinajstić information content (AvgIpc) is 3.46. The Bertz CT molecular complexity index is 1430. The predicted octanol–water partition coefficient (Wildman–Crippen LogP) is 6.10. The minimum absolute atomic E-state index is 0.00866. The van der Waals surface area contributed by atoms with E-state index in [2.05, 4.69) is 4.99 Å². The Labute approximate surface area is 205 Å². The fraction of sp³-hybridized carbons (Fsp3) is 0.120. The van der Waals surface area contributed by atoms with Gasteiger partial charge in [0.2, 0.25) is 12.6 Å². The first kappa shape index (κ1) is 23.9. The highest BCUT2D eigenvalue weighted by molar-refractivity contribution is 8.13. The maximum atomic E-state index is 14.2. The minimum atomic E-state index is -2.23. The molecule has 0 aliphatic carbocycles. The number of nitrogens with zero attached hydrogens (tertiary/aromatic N) is 2. The summed E-state index contributed by atoms with van der Waals surface area (Å²) in [5, 5.41) is 0.0137. The maximum Gasteiger partial charge on any atom is 0.283 e. The van der Waals surface area contributed by atoms with Crippen LogP contribution in [0.5, 0.6) is 11.5 Å². The Hall–Kier alpha value is -3.86. The summed E-state index contributed by atoms with van der Waals surface area (Å²) < 4.78 is 79.7. The van der Waals surface area contributed by atoms with E-state index in [4.69, 9.17) is 9.47 Å². The van der Waals surface area contributed by atoms with Gasteiger partial charge in [-0.1, -0.05) is 35.5 Å². The van der Waals surface area contributed by atoms with Crippen LogP contribution in [0.15, 0.2) is 53.2 Å². The molecule has 0 saturated carbocycles. The third-order valence-corrected chi connectivity index (χ3v) is 6.43. The second kappa shape index (κ2) is 9.30. The number of halogens is 5. The molecule has 2 aliphatic rings. The van der Waals surface area contributed by atoms with Crippen LogP contribution in [0.2, 0.25) is 0 Å². The molecule has 1 amide bonds. The molecule has 0 saturated heterocycles. The number of benzene rings is 3. The maximum absolute atomic E-state index is 14.2. The number of aryl methyl sites for hydroxylation is 1. The Morgan fingerprint density at radius 1 is 0.917 bits per heavy atom. The lowest BCUT2D eigenvalue weighted by molar-refractivity contribution is -0.113. The number of carbonyl (C=O) groups is 1. The molecule has 0 bridgehead atoms. The average molecular weight is 518 g/mol. The number of amidine groups is 1. The van der Waals surface area contributed by atoms with Gasteiger partial charge < -0.3 is 9.47 Å². The summed E-state index contributed by atoms with van der Waals surface area (Å²) >= 11 is 0.668. The normalized spacial score (nSPS) is 15.7. The van der Waals surface area contributed by atoms with E-state index in [1.165, 1.54) is 11.0 Å². The van der Waals surface area contributed by atoms with Crippen LogP contribution in [0.4, 0.5) is 27.6 Å². The van der Waals surface area contributed by atoms with Crippen LogP contribution >= 0.6 is 11.8 Å². The van der Waals surface area contributed by atoms with Gasteiger partial charge in [0.15, 0.2) is 39.9 Å². The molecule has 2 heterocycles. The van der Waals surface area contributed by atoms with Gasteiger partial charge in [0.05, 0.1) is 5.69 Å². The number of thioether (sulfide) groups is 1. The molecule has 0 spiro atoms. The smallest absolute Gasteiger partial charge is 0.283 e. The molecule has 36 heavy (non-hydrogen) atoms. The Morgan fingerprint density at radius 2 is 1.56 bits per heavy atom. The van der Waals surface area contributed by atoms with E-state index in [0.717, 1.165) is 5.56 Å². The zero-order valence-corrected chi connectivity index (χ0v) is 19.3. The fourth-order valence-electron chi connectivity index (χ4n) is 3.59. The second-order valence-corrected chi connectivity index (χ2v) is 8.79. The summed E-state index contributed by atoms with van der Waals surface area (Å²) in [6, 6.07) is 11.9. The molecule has 0 atom stereocenters. The number of ether oxygens (including phenoxy) is 2. The third kappa shape index (κ3) is 4.19. The number of hydrogen-bond acceptors (Lipinski definition) is 5. The molecular formula is C25H15F5N2O3S. The lowest BCUT2D eigenvalue weighted by Crippen LogP contribution is -2.30. The highest BCUT2D eigenvalue weighted by atomic mass is 32.2. The molecular weight excluding hydrogens is 503 g/mol. The first-order valence-corrected chi connectivity index (χ1v) is 11.5. The van der Waals surface area contributed by atoms with Crippen molar-refractivity contribution in [3.05, 3.63) is 93.9 Å². The van der Waals surface area contributed by atoms with Crippen LogP contribution in [0, 0.1) is 36.0 Å². The van der Waals surface area contributed by atoms with E-state index in [-0.39, 0.29) is 17.7 Å². The van der Waals surface area contributed by atoms with Gasteiger partial charge >= 0.3 is 0 Å². The Morgan fingerprint density at radius 3 is 2.25 bits per heavy atom. The van der Waals surface area contributed by atoms with E-state index < -0.39 is 46.3 Å². The van der Waals surface area contributed by atoms with Crippen molar-refractivity contribution in [1.29, 1.82) is 0 Å². The molecule has 11 heteroatoms. The molecule has 2 aliphatic heterocycles. The first-order valence-electron chi connectivity index (χ1n) is 10.5. The van der Waals surface area contributed by atoms with Crippen LogP contribution in [0.1, 0.15) is 16.7 Å². The topological polar surface area (TPSA) is 51.1 Å². The number of rotatable bonds is 4. The van der Waals surface area contributed by atoms with Crippen molar-refractivity contribution < 1.29 is 36.2 Å². The summed E-state index contributed by atoms with van der Waals surface area (Å²) in [4.78, 5) is 18.8. The van der Waals surface area contributed by atoms with Gasteiger partial charge in [0.1, 0.15) is 5.70 Å². The van der Waals surface area contributed by atoms with E-state index in [9.17, 15) is 26.7 Å². The number of amides is 1. The van der Waals surface area contributed by atoms with Crippen LogP contribution in [-0.4, -0.2) is 17.9 Å². The van der Waals surface area contributed by atoms with Crippen LogP contribution in [0.3, 0.4) is 0 Å². The van der Waals surface area contributed by atoms with Crippen molar-refractivity contribution in [2.24, 2.45) is 4.99 Å². The van der Waals surface area contributed by atoms with E-state index in [1.807, 2.05) is 6.92 Å². The van der Waals surface area contributed by atoms with Crippen LogP contribution < -0.4 is 14.4 Å². The van der Waals surface area contributed by atoms with E-state index in [0.29, 0.717) is 34.5 Å². The Kier molecular flexibility index (Phi) is 6.17. The molecule has 0 radical (unpaired) electrons. The molecule has 5 rings (SSSR count). The summed E-state index contributed by atoms with van der Waals surface area (Å²) in [5.41, 5.74) is 0.927. The van der Waals surface area contributed by atoms with E-state index in [1.54, 1.807) is 42.5 Å². The number of anilines is 1. The minimum Gasteiger partial charge on any atom is -0.454 e. The monoisotopic (exact) mass is 518 g/mol. The lowest BCUT2D eigenvalue weighted by Gasteiger charge is -2.18. The molecule has 184 valence electrons. The van der Waals surface area contributed by atoms with Gasteiger partial charge in [0.25, 0.3) is 5.91 Å². The quantitative estimate of drug-likeness (QED) is 0.181. The molecule has 0 unspecified atom stereocenters. The number of fused-ring (bicyclic) bond motifs is 1. The van der Waals surface area contributed by atoms with Crippen LogP contribution in [-0.2, 0) is 10.5 Å². The zero-order chi connectivity index (χ0) is 25.6. The van der Waals surface area contributed by atoms with E-state index >= 15 is 0 Å². The molecule has 0 aromatic heterocycles. The van der Waals surface area contributed by atoms with Gasteiger partial charge in [0, 0.05) is 11.3 Å². The number of aliphatic imine (C=N–C) groups is 1. The summed E-state index contributed by atoms with van der Waals surface area (Å²) in [6.45, 7) is 1.93. The number of carbonyl (C=O) groups excluding carboxylic acids is 1. The largest absolute Gasteiger partial charge is 0.454 e. The van der Waals surface area contributed by atoms with Crippen LogP contribution in [0.25, 0.3) is 6.08 Å². The molecule has 0 N–H and O–H groups in total. The van der Waals surface area contributed by atoms with Crippen molar-refractivity contribution in [2.45, 2.75) is 12.7 Å². The van der Waals surface area contributed by atoms with Crippen molar-refractivity contribution in [3.8, 4) is 11.5 Å². The van der Waals surface area contributed by atoms with Gasteiger partial charge in [-0.15, -0.1) is 0 Å². The van der Waals surface area contributed by atoms with Crippen molar-refractivity contribution in [3.63, 3.8) is 0 Å². The molecule has 5 nitrogen and oxygen atoms in total. The Balaban J connectivity index is 1.51. The fourth-order valence-corrected chi connectivity index (χ4v) is 4.60. The highest BCUT2D eigenvalue weighted by Crippen LogP contribution is 2.36. The molecule has 3 aromatic carbocycles. The summed E-state index contributed by atoms with van der Waals surface area (Å²) in [6.07, 6.45) is 1.50. The van der Waals surface area contributed by atoms with Gasteiger partial charge in [-0.2, -0.15) is 0 Å². The molecule has 0 fully saturated rings. The van der Waals surface area contributed by atoms with Gasteiger partial charge in [-0.3, -0.25) is 9.69 Å². The standard InChI is InChI=1S/C25H15F5N2O3S/c1-12-2-5-14(6-3-12)32-24(33)16(8-13-4-7-17-18(9-13)35-11-34-17)31-25(32)36-10-15-19(26)21(28)23(30)22(29)20(15)27/h2-9H,10-11H2,1H3/b16-8+. The predicted molar refractivity (Wildman–Crippen MR) is 124 cm³/mol. The third-order valence-electron chi connectivity index (χ3n) is 5.47. The van der Waals surface area contributed by atoms with Gasteiger partial charge in [-0.25, -0.2) is 26.9 Å². The number of hydrogen-bond donors (Lipinski definition) is 0. The van der Waals surface area contributed by atoms with Crippen molar-refractivity contribution in [2.75, 3.05) is 11.7 Å². The highest BCUT2D eigenvalue weighted by Gasteiger charge is 2.33. The van der Waals surface area contributed by atoms with Crippen molar-refractivity contribution in [1.82, 2.24) is 0 Å². The second-order valence-electron chi connectivity index (χ2n) is 7.85. The summed E-state index contributed by atoms with van der Waals surface area (Å²) in [5.74, 6) is -10.3. The first-order chi connectivity index (χ1) is 17.2. The SMILES string of the molecule is Cc1ccc(N2C(=O)/C(=C\c3ccc4c(c3)OCO4)N=C2SCc2c(F)c(F)c(F)c(F)c2F)cc1. The zero-order valence-electron chi connectivity index (χ0n) is 18.5.